The second-order valence-electron chi connectivity index (χ2n) is 7.14. The number of aromatic nitrogens is 1. The van der Waals surface area contributed by atoms with Crippen LogP contribution in [0.15, 0.2) is 77.3 Å². The average molecular weight is 371 g/mol. The minimum atomic E-state index is 0.160. The van der Waals surface area contributed by atoms with Crippen LogP contribution in [0.5, 0.6) is 11.5 Å². The number of furan rings is 1. The van der Waals surface area contributed by atoms with Crippen LogP contribution >= 0.6 is 0 Å². The smallest absolute Gasteiger partial charge is 0.231 e. The number of fused-ring (bicyclic) bond motifs is 4. The van der Waals surface area contributed by atoms with Gasteiger partial charge in [0.1, 0.15) is 12.3 Å². The van der Waals surface area contributed by atoms with E-state index >= 15 is 0 Å². The summed E-state index contributed by atoms with van der Waals surface area (Å²) in [4.78, 5) is 0. The molecule has 4 aromatic rings. The van der Waals surface area contributed by atoms with E-state index in [1.54, 1.807) is 0 Å². The Morgan fingerprint density at radius 1 is 0.893 bits per heavy atom. The van der Waals surface area contributed by atoms with E-state index in [-0.39, 0.29) is 6.04 Å². The second-order valence-corrected chi connectivity index (χ2v) is 7.14. The number of hydrogen-bond acceptors (Lipinski definition) is 3. The number of rotatable bonds is 2. The van der Waals surface area contributed by atoms with Gasteiger partial charge in [0.2, 0.25) is 12.7 Å². The maximum atomic E-state index is 6.31. The topological polar surface area (TPSA) is 53.1 Å². The van der Waals surface area contributed by atoms with Crippen LogP contribution < -0.4 is 14.8 Å². The second kappa shape index (κ2) is 6.04. The van der Waals surface area contributed by atoms with Crippen molar-refractivity contribution in [1.29, 1.82) is 0 Å². The average Bonchev–Trinajstić information content (AvgIpc) is 3.47. The Morgan fingerprint density at radius 2 is 1.79 bits per heavy atom. The normalized spacial score (nSPS) is 17.1. The minimum Gasteiger partial charge on any atom is -0.454 e. The van der Waals surface area contributed by atoms with Gasteiger partial charge in [0.15, 0.2) is 17.5 Å². The Kier molecular flexibility index (Phi) is 3.36. The monoisotopic (exact) mass is 371 g/mol. The van der Waals surface area contributed by atoms with Crippen LogP contribution in [0.25, 0.3) is 17.2 Å². The number of nitrogens with zero attached hydrogens (tertiary/aromatic N) is 1. The first-order valence-electron chi connectivity index (χ1n) is 9.45. The van der Waals surface area contributed by atoms with Gasteiger partial charge in [0, 0.05) is 17.3 Å². The number of nitrogens with two attached hydrogens (primary N) is 1. The van der Waals surface area contributed by atoms with Crippen LogP contribution in [0.1, 0.15) is 22.9 Å². The van der Waals surface area contributed by atoms with Crippen LogP contribution in [0.4, 0.5) is 0 Å². The SMILES string of the molecule is c1ccc(-c2cc3c(o2)-n2cccc2C(c2ccc4c(c2)OCO4)[NH2+]C3)cc1. The van der Waals surface area contributed by atoms with E-state index in [0.717, 1.165) is 35.3 Å². The lowest BCUT2D eigenvalue weighted by atomic mass is 10.0. The Balaban J connectivity index is 1.43. The zero-order valence-corrected chi connectivity index (χ0v) is 15.2. The Hall–Kier alpha value is -3.44. The molecule has 2 aliphatic rings. The van der Waals surface area contributed by atoms with Gasteiger partial charge in [0.25, 0.3) is 0 Å². The van der Waals surface area contributed by atoms with Crippen molar-refractivity contribution < 1.29 is 19.2 Å². The Morgan fingerprint density at radius 3 is 2.71 bits per heavy atom. The molecule has 0 aliphatic carbocycles. The maximum Gasteiger partial charge on any atom is 0.231 e. The van der Waals surface area contributed by atoms with E-state index in [4.69, 9.17) is 13.9 Å². The Bertz CT molecular complexity index is 1160. The highest BCUT2D eigenvalue weighted by Gasteiger charge is 2.30. The van der Waals surface area contributed by atoms with Gasteiger partial charge in [-0.15, -0.1) is 0 Å². The summed E-state index contributed by atoms with van der Waals surface area (Å²) >= 11 is 0. The molecule has 28 heavy (non-hydrogen) atoms. The van der Waals surface area contributed by atoms with Crippen molar-refractivity contribution in [1.82, 2.24) is 4.57 Å². The standard InChI is InChI=1S/C23H18N2O3/c1-2-5-15(6-3-1)20-12-17-13-24-22(18-7-4-10-25(18)23(17)28-20)16-8-9-19-21(11-16)27-14-26-19/h1-12,22,24H,13-14H2/p+1. The van der Waals surface area contributed by atoms with Crippen LogP contribution in [0.2, 0.25) is 0 Å². The lowest BCUT2D eigenvalue weighted by Gasteiger charge is -2.15. The number of hydrogen-bond donors (Lipinski definition) is 1. The third-order valence-corrected chi connectivity index (χ3v) is 5.49. The van der Waals surface area contributed by atoms with Crippen molar-refractivity contribution in [2.45, 2.75) is 12.6 Å². The summed E-state index contributed by atoms with van der Waals surface area (Å²) in [6, 6.07) is 23.0. The van der Waals surface area contributed by atoms with E-state index in [9.17, 15) is 0 Å². The summed E-state index contributed by atoms with van der Waals surface area (Å²) in [5.74, 6) is 3.43. The van der Waals surface area contributed by atoms with Gasteiger partial charge >= 0.3 is 0 Å². The molecule has 0 bridgehead atoms. The molecule has 5 heteroatoms. The summed E-state index contributed by atoms with van der Waals surface area (Å²) in [6.45, 7) is 1.13. The van der Waals surface area contributed by atoms with Gasteiger partial charge in [-0.2, -0.15) is 0 Å². The molecule has 2 N–H and O–H groups in total. The predicted octanol–water partition coefficient (Wildman–Crippen LogP) is 3.63. The lowest BCUT2D eigenvalue weighted by molar-refractivity contribution is -0.702. The van der Waals surface area contributed by atoms with Crippen molar-refractivity contribution >= 4 is 0 Å². The molecule has 4 heterocycles. The molecule has 0 saturated heterocycles. The van der Waals surface area contributed by atoms with E-state index in [1.807, 2.05) is 24.3 Å². The molecule has 138 valence electrons. The largest absolute Gasteiger partial charge is 0.454 e. The lowest BCUT2D eigenvalue weighted by Crippen LogP contribution is -2.83. The molecule has 2 aliphatic heterocycles. The highest BCUT2D eigenvalue weighted by Crippen LogP contribution is 2.37. The predicted molar refractivity (Wildman–Crippen MR) is 104 cm³/mol. The zero-order valence-electron chi connectivity index (χ0n) is 15.2. The van der Waals surface area contributed by atoms with E-state index in [0.29, 0.717) is 6.79 Å². The molecule has 5 nitrogen and oxygen atoms in total. The summed E-state index contributed by atoms with van der Waals surface area (Å²) in [7, 11) is 0. The van der Waals surface area contributed by atoms with E-state index in [2.05, 4.69) is 58.5 Å². The highest BCUT2D eigenvalue weighted by atomic mass is 16.7. The molecule has 1 unspecified atom stereocenters. The minimum absolute atomic E-state index is 0.160. The first-order chi connectivity index (χ1) is 13.9. The molecular formula is C23H19N2O3+. The maximum absolute atomic E-state index is 6.31. The summed E-state index contributed by atoms with van der Waals surface area (Å²) in [5, 5.41) is 2.35. The van der Waals surface area contributed by atoms with Crippen LogP contribution in [-0.4, -0.2) is 11.4 Å². The third-order valence-electron chi connectivity index (χ3n) is 5.49. The van der Waals surface area contributed by atoms with Crippen molar-refractivity contribution in [3.63, 3.8) is 0 Å². The van der Waals surface area contributed by atoms with Crippen molar-refractivity contribution in [2.75, 3.05) is 6.79 Å². The van der Waals surface area contributed by atoms with Gasteiger partial charge in [-0.25, -0.2) is 0 Å². The summed E-state index contributed by atoms with van der Waals surface area (Å²) < 4.78 is 19.5. The molecule has 0 fully saturated rings. The van der Waals surface area contributed by atoms with E-state index in [1.165, 1.54) is 16.8 Å². The quantitative estimate of drug-likeness (QED) is 0.585. The molecule has 2 aromatic heterocycles. The summed E-state index contributed by atoms with van der Waals surface area (Å²) in [6.07, 6.45) is 2.07. The zero-order chi connectivity index (χ0) is 18.5. The molecule has 6 rings (SSSR count). The Labute approximate surface area is 162 Å². The molecule has 0 radical (unpaired) electrons. The number of benzene rings is 2. The molecule has 0 amide bonds. The van der Waals surface area contributed by atoms with Crippen LogP contribution in [0, 0.1) is 0 Å². The first-order valence-corrected chi connectivity index (χ1v) is 9.45. The van der Waals surface area contributed by atoms with Crippen molar-refractivity contribution in [3.05, 3.63) is 89.7 Å². The van der Waals surface area contributed by atoms with Gasteiger partial charge in [-0.05, 0) is 36.4 Å². The third kappa shape index (κ3) is 2.37. The van der Waals surface area contributed by atoms with Gasteiger partial charge in [-0.1, -0.05) is 30.3 Å². The van der Waals surface area contributed by atoms with Gasteiger partial charge in [0.05, 0.1) is 11.3 Å². The fraction of sp³-hybridized carbons (Fsp3) is 0.130. The summed E-state index contributed by atoms with van der Waals surface area (Å²) in [5.41, 5.74) is 4.67. The fourth-order valence-corrected chi connectivity index (χ4v) is 4.13. The molecular weight excluding hydrogens is 352 g/mol. The number of ether oxygens (including phenoxy) is 2. The molecule has 0 spiro atoms. The molecule has 1 atom stereocenters. The fourth-order valence-electron chi connectivity index (χ4n) is 4.13. The van der Waals surface area contributed by atoms with Crippen molar-refractivity contribution in [2.24, 2.45) is 0 Å². The van der Waals surface area contributed by atoms with E-state index < -0.39 is 0 Å². The van der Waals surface area contributed by atoms with Crippen LogP contribution in [0.3, 0.4) is 0 Å². The number of quaternary nitrogens is 1. The highest BCUT2D eigenvalue weighted by molar-refractivity contribution is 5.61. The van der Waals surface area contributed by atoms with Gasteiger partial charge < -0.3 is 19.2 Å². The first kappa shape index (κ1) is 15.6. The molecule has 0 saturated carbocycles. The van der Waals surface area contributed by atoms with Crippen LogP contribution in [-0.2, 0) is 6.54 Å². The van der Waals surface area contributed by atoms with Crippen molar-refractivity contribution in [3.8, 4) is 28.7 Å². The molecule has 2 aromatic carbocycles. The van der Waals surface area contributed by atoms with Gasteiger partial charge in [-0.3, -0.25) is 4.57 Å².